The molecule has 0 bridgehead atoms. The van der Waals surface area contributed by atoms with E-state index in [-0.39, 0.29) is 11.0 Å². The van der Waals surface area contributed by atoms with E-state index < -0.39 is 0 Å². The number of rotatable bonds is 1. The second-order valence-corrected chi connectivity index (χ2v) is 3.96. The Morgan fingerprint density at radius 1 is 1.19 bits per heavy atom. The van der Waals surface area contributed by atoms with Gasteiger partial charge in [-0.1, -0.05) is 0 Å². The second-order valence-electron chi connectivity index (χ2n) is 3.96. The molecule has 0 spiro atoms. The maximum atomic E-state index is 11.9. The van der Waals surface area contributed by atoms with Crippen molar-refractivity contribution in [2.75, 3.05) is 0 Å². The molecule has 0 saturated heterocycles. The highest BCUT2D eigenvalue weighted by atomic mass is 16.3. The molecule has 0 aliphatic rings. The lowest BCUT2D eigenvalue weighted by atomic mass is 10.00. The van der Waals surface area contributed by atoms with Crippen molar-refractivity contribution in [3.63, 3.8) is 0 Å². The quantitative estimate of drug-likeness (QED) is 0.688. The molecule has 0 aliphatic carbocycles. The molecule has 1 aromatic heterocycles. The fraction of sp³-hybridized carbons (Fsp3) is 0.231. The first-order valence-electron chi connectivity index (χ1n) is 5.03. The highest BCUT2D eigenvalue weighted by Crippen LogP contribution is 2.22. The van der Waals surface area contributed by atoms with E-state index in [0.717, 1.165) is 16.7 Å². The molecule has 0 fully saturated rings. The molecule has 0 aliphatic heterocycles. The lowest BCUT2D eigenvalue weighted by Crippen LogP contribution is -2.09. The predicted octanol–water partition coefficient (Wildman–Crippen LogP) is 2.53. The standard InChI is InChI=1S/C13H12O3/c1-7-4-11-12(15)10(5-14)6-16-13(11)9(3)8(7)2/h4-6H,1-3H3. The highest BCUT2D eigenvalue weighted by molar-refractivity contribution is 5.87. The molecule has 0 atom stereocenters. The van der Waals surface area contributed by atoms with Crippen molar-refractivity contribution in [2.24, 2.45) is 0 Å². The van der Waals surface area contributed by atoms with E-state index in [1.54, 1.807) is 6.07 Å². The molecule has 0 unspecified atom stereocenters. The van der Waals surface area contributed by atoms with Gasteiger partial charge in [0, 0.05) is 0 Å². The van der Waals surface area contributed by atoms with Gasteiger partial charge in [0.05, 0.1) is 10.9 Å². The van der Waals surface area contributed by atoms with E-state index in [0.29, 0.717) is 17.3 Å². The smallest absolute Gasteiger partial charge is 0.203 e. The summed E-state index contributed by atoms with van der Waals surface area (Å²) in [6.07, 6.45) is 1.75. The SMILES string of the molecule is Cc1cc2c(=O)c(C=O)coc2c(C)c1C. The topological polar surface area (TPSA) is 47.3 Å². The Balaban J connectivity index is 3.02. The maximum Gasteiger partial charge on any atom is 0.203 e. The zero-order valence-corrected chi connectivity index (χ0v) is 9.46. The van der Waals surface area contributed by atoms with Gasteiger partial charge < -0.3 is 4.42 Å². The molecule has 0 radical (unpaired) electrons. The molecule has 3 nitrogen and oxygen atoms in total. The summed E-state index contributed by atoms with van der Waals surface area (Å²) in [7, 11) is 0. The van der Waals surface area contributed by atoms with Crippen molar-refractivity contribution in [3.8, 4) is 0 Å². The number of hydrogen-bond donors (Lipinski definition) is 0. The fourth-order valence-corrected chi connectivity index (χ4v) is 1.79. The fourth-order valence-electron chi connectivity index (χ4n) is 1.79. The molecular weight excluding hydrogens is 204 g/mol. The van der Waals surface area contributed by atoms with Crippen molar-refractivity contribution >= 4 is 17.3 Å². The Morgan fingerprint density at radius 2 is 1.88 bits per heavy atom. The van der Waals surface area contributed by atoms with Crippen molar-refractivity contribution < 1.29 is 9.21 Å². The molecule has 16 heavy (non-hydrogen) atoms. The van der Waals surface area contributed by atoms with Gasteiger partial charge in [-0.2, -0.15) is 0 Å². The van der Waals surface area contributed by atoms with E-state index in [4.69, 9.17) is 4.42 Å². The minimum atomic E-state index is -0.262. The Hall–Kier alpha value is -1.90. The van der Waals surface area contributed by atoms with E-state index >= 15 is 0 Å². The second kappa shape index (κ2) is 3.59. The number of aldehydes is 1. The Morgan fingerprint density at radius 3 is 2.50 bits per heavy atom. The third-order valence-electron chi connectivity index (χ3n) is 3.04. The van der Waals surface area contributed by atoms with Crippen LogP contribution in [0.25, 0.3) is 11.0 Å². The Kier molecular flexibility index (Phi) is 2.38. The van der Waals surface area contributed by atoms with Crippen molar-refractivity contribution in [1.29, 1.82) is 0 Å². The molecule has 2 rings (SSSR count). The summed E-state index contributed by atoms with van der Waals surface area (Å²) in [5.74, 6) is 0. The first-order chi connectivity index (χ1) is 7.56. The molecule has 1 heterocycles. The zero-order chi connectivity index (χ0) is 11.9. The molecule has 2 aromatic rings. The number of carbonyl (C=O) groups is 1. The minimum absolute atomic E-state index is 0.0650. The molecule has 82 valence electrons. The summed E-state index contributed by atoms with van der Waals surface area (Å²) in [6, 6.07) is 1.77. The Labute approximate surface area is 92.7 Å². The largest absolute Gasteiger partial charge is 0.463 e. The lowest BCUT2D eigenvalue weighted by molar-refractivity contribution is 0.112. The van der Waals surface area contributed by atoms with Gasteiger partial charge in [-0.05, 0) is 43.5 Å². The maximum absolute atomic E-state index is 11.9. The summed E-state index contributed by atoms with van der Waals surface area (Å²) in [6.45, 7) is 5.83. The van der Waals surface area contributed by atoms with Crippen molar-refractivity contribution in [2.45, 2.75) is 20.8 Å². The van der Waals surface area contributed by atoms with Crippen LogP contribution in [0.2, 0.25) is 0 Å². The van der Waals surface area contributed by atoms with Gasteiger partial charge >= 0.3 is 0 Å². The van der Waals surface area contributed by atoms with Crippen LogP contribution in [0.15, 0.2) is 21.5 Å². The lowest BCUT2D eigenvalue weighted by Gasteiger charge is -2.07. The molecule has 0 saturated carbocycles. The van der Waals surface area contributed by atoms with Gasteiger partial charge in [-0.3, -0.25) is 9.59 Å². The van der Waals surface area contributed by atoms with Crippen LogP contribution in [0.5, 0.6) is 0 Å². The van der Waals surface area contributed by atoms with Crippen LogP contribution in [-0.2, 0) is 0 Å². The summed E-state index contributed by atoms with van der Waals surface area (Å²) in [5.41, 5.74) is 3.45. The van der Waals surface area contributed by atoms with Crippen LogP contribution in [0.3, 0.4) is 0 Å². The van der Waals surface area contributed by atoms with Crippen LogP contribution in [0.1, 0.15) is 27.0 Å². The van der Waals surface area contributed by atoms with Crippen LogP contribution in [0, 0.1) is 20.8 Å². The van der Waals surface area contributed by atoms with Gasteiger partial charge in [0.1, 0.15) is 11.8 Å². The summed E-state index contributed by atoms with van der Waals surface area (Å²) < 4.78 is 5.35. The third kappa shape index (κ3) is 1.36. The van der Waals surface area contributed by atoms with Gasteiger partial charge in [0.15, 0.2) is 6.29 Å². The van der Waals surface area contributed by atoms with Gasteiger partial charge in [-0.25, -0.2) is 0 Å². The summed E-state index contributed by atoms with van der Waals surface area (Å²) >= 11 is 0. The van der Waals surface area contributed by atoms with Gasteiger partial charge in [-0.15, -0.1) is 0 Å². The molecule has 0 N–H and O–H groups in total. The van der Waals surface area contributed by atoms with Crippen LogP contribution in [-0.4, -0.2) is 6.29 Å². The summed E-state index contributed by atoms with van der Waals surface area (Å²) in [4.78, 5) is 22.5. The minimum Gasteiger partial charge on any atom is -0.463 e. The van der Waals surface area contributed by atoms with Crippen LogP contribution >= 0.6 is 0 Å². The number of carbonyl (C=O) groups excluding carboxylic acids is 1. The first kappa shape index (κ1) is 10.6. The number of hydrogen-bond acceptors (Lipinski definition) is 3. The van der Waals surface area contributed by atoms with E-state index in [1.165, 1.54) is 6.26 Å². The zero-order valence-electron chi connectivity index (χ0n) is 9.46. The van der Waals surface area contributed by atoms with Gasteiger partial charge in [0.2, 0.25) is 5.43 Å². The van der Waals surface area contributed by atoms with E-state index in [9.17, 15) is 9.59 Å². The van der Waals surface area contributed by atoms with Crippen LogP contribution in [0.4, 0.5) is 0 Å². The molecular formula is C13H12O3. The summed E-state index contributed by atoms with van der Waals surface area (Å²) in [5, 5.41) is 0.477. The normalized spacial score (nSPS) is 10.7. The predicted molar refractivity (Wildman–Crippen MR) is 62.1 cm³/mol. The van der Waals surface area contributed by atoms with Crippen molar-refractivity contribution in [1.82, 2.24) is 0 Å². The number of aryl methyl sites for hydroxylation is 2. The van der Waals surface area contributed by atoms with Crippen molar-refractivity contribution in [3.05, 3.63) is 44.8 Å². The average Bonchev–Trinajstić information content (AvgIpc) is 2.28. The monoisotopic (exact) mass is 216 g/mol. The molecule has 1 aromatic carbocycles. The Bertz CT molecular complexity index is 636. The molecule has 0 amide bonds. The van der Waals surface area contributed by atoms with Gasteiger partial charge in [0.25, 0.3) is 0 Å². The highest BCUT2D eigenvalue weighted by Gasteiger charge is 2.11. The average molecular weight is 216 g/mol. The number of benzene rings is 1. The third-order valence-corrected chi connectivity index (χ3v) is 3.04. The number of fused-ring (bicyclic) bond motifs is 1. The van der Waals surface area contributed by atoms with E-state index in [2.05, 4.69) is 0 Å². The first-order valence-corrected chi connectivity index (χ1v) is 5.03. The molecule has 3 heteroatoms. The van der Waals surface area contributed by atoms with Crippen LogP contribution < -0.4 is 5.43 Å². The van der Waals surface area contributed by atoms with E-state index in [1.807, 2.05) is 20.8 Å².